The minimum absolute atomic E-state index is 0.0667. The Morgan fingerprint density at radius 2 is 1.90 bits per heavy atom. The fourth-order valence-electron chi connectivity index (χ4n) is 2.72. The topological polar surface area (TPSA) is 32.7 Å². The van der Waals surface area contributed by atoms with Gasteiger partial charge >= 0.3 is 0 Å². The molecule has 0 amide bonds. The number of halogens is 1. The summed E-state index contributed by atoms with van der Waals surface area (Å²) in [5.74, 6) is 0.411. The number of aliphatic hydroxyl groups is 1. The molecule has 2 unspecified atom stereocenters. The lowest BCUT2D eigenvalue weighted by Gasteiger charge is -2.44. The largest absolute Gasteiger partial charge is 0.396 e. The van der Waals surface area contributed by atoms with Gasteiger partial charge in [0.05, 0.1) is 25.2 Å². The van der Waals surface area contributed by atoms with Crippen LogP contribution in [0, 0.1) is 5.41 Å². The molecule has 2 rings (SSSR count). The first-order valence-corrected chi connectivity index (χ1v) is 7.49. The average molecular weight is 298 g/mol. The highest BCUT2D eigenvalue weighted by Crippen LogP contribution is 2.30. The van der Waals surface area contributed by atoms with Crippen molar-refractivity contribution in [1.29, 1.82) is 0 Å². The van der Waals surface area contributed by atoms with Gasteiger partial charge in [0.1, 0.15) is 0 Å². The van der Waals surface area contributed by atoms with Crippen molar-refractivity contribution in [3.05, 3.63) is 34.9 Å². The normalized spacial score (nSPS) is 20.5. The van der Waals surface area contributed by atoms with Crippen LogP contribution >= 0.6 is 11.6 Å². The van der Waals surface area contributed by atoms with Gasteiger partial charge in [-0.2, -0.15) is 0 Å². The predicted octanol–water partition coefficient (Wildman–Crippen LogP) is 2.77. The van der Waals surface area contributed by atoms with E-state index in [4.69, 9.17) is 16.3 Å². The van der Waals surface area contributed by atoms with Crippen molar-refractivity contribution in [3.63, 3.8) is 0 Å². The lowest BCUT2D eigenvalue weighted by atomic mass is 9.85. The molecule has 1 saturated heterocycles. The third kappa shape index (κ3) is 3.34. The van der Waals surface area contributed by atoms with E-state index in [0.717, 1.165) is 11.6 Å². The number of aliphatic hydroxyl groups excluding tert-OH is 1. The summed E-state index contributed by atoms with van der Waals surface area (Å²) >= 11 is 5.94. The number of hydrogen-bond donors (Lipinski definition) is 1. The van der Waals surface area contributed by atoms with Crippen LogP contribution in [0.3, 0.4) is 0 Å². The number of rotatable bonds is 6. The molecule has 112 valence electrons. The molecule has 0 bridgehead atoms. The van der Waals surface area contributed by atoms with Crippen LogP contribution in [0.1, 0.15) is 25.3 Å². The van der Waals surface area contributed by atoms with Crippen LogP contribution < -0.4 is 0 Å². The van der Waals surface area contributed by atoms with Crippen molar-refractivity contribution < 1.29 is 9.84 Å². The zero-order valence-electron chi connectivity index (χ0n) is 12.5. The fourth-order valence-corrected chi connectivity index (χ4v) is 2.85. The van der Waals surface area contributed by atoms with Crippen LogP contribution in [0.25, 0.3) is 0 Å². The Balaban J connectivity index is 1.98. The summed E-state index contributed by atoms with van der Waals surface area (Å²) < 4.78 is 5.27. The number of nitrogens with zero attached hydrogens (tertiary/aromatic N) is 1. The van der Waals surface area contributed by atoms with E-state index in [-0.39, 0.29) is 12.0 Å². The smallest absolute Gasteiger partial charge is 0.0579 e. The molecule has 0 aromatic heterocycles. The first-order valence-electron chi connectivity index (χ1n) is 7.12. The Labute approximate surface area is 126 Å². The number of likely N-dealkylation sites (N-methyl/N-ethyl adjacent to an activating group) is 1. The molecule has 1 aromatic carbocycles. The summed E-state index contributed by atoms with van der Waals surface area (Å²) in [6.07, 6.45) is 0. The number of benzene rings is 1. The van der Waals surface area contributed by atoms with Crippen LogP contribution in [-0.4, -0.2) is 49.5 Å². The molecule has 2 atom stereocenters. The second kappa shape index (κ2) is 6.44. The summed E-state index contributed by atoms with van der Waals surface area (Å²) in [5.41, 5.74) is 1.22. The van der Waals surface area contributed by atoms with Crippen LogP contribution in [-0.2, 0) is 4.74 Å². The maximum atomic E-state index is 9.53. The molecule has 1 fully saturated rings. The van der Waals surface area contributed by atoms with Crippen molar-refractivity contribution in [2.24, 2.45) is 5.41 Å². The van der Waals surface area contributed by atoms with E-state index in [1.54, 1.807) is 0 Å². The summed E-state index contributed by atoms with van der Waals surface area (Å²) in [7, 11) is 2.12. The summed E-state index contributed by atoms with van der Waals surface area (Å²) in [6, 6.07) is 8.45. The van der Waals surface area contributed by atoms with Crippen molar-refractivity contribution in [3.8, 4) is 0 Å². The molecule has 0 saturated carbocycles. The molecule has 0 spiro atoms. The van der Waals surface area contributed by atoms with Gasteiger partial charge < -0.3 is 14.7 Å². The first-order chi connectivity index (χ1) is 9.47. The Hall–Kier alpha value is -0.610. The van der Waals surface area contributed by atoms with Gasteiger partial charge in [0.15, 0.2) is 0 Å². The van der Waals surface area contributed by atoms with E-state index in [2.05, 4.69) is 37.9 Å². The predicted molar refractivity (Wildman–Crippen MR) is 82.3 cm³/mol. The molecule has 0 radical (unpaired) electrons. The van der Waals surface area contributed by atoms with E-state index >= 15 is 0 Å². The lowest BCUT2D eigenvalue weighted by molar-refractivity contribution is -0.149. The monoisotopic (exact) mass is 297 g/mol. The Kier molecular flexibility index (Phi) is 5.08. The minimum Gasteiger partial charge on any atom is -0.396 e. The van der Waals surface area contributed by atoms with Crippen molar-refractivity contribution in [2.75, 3.05) is 33.4 Å². The molecule has 1 aliphatic rings. The van der Waals surface area contributed by atoms with Gasteiger partial charge in [-0.1, -0.05) is 30.7 Å². The Morgan fingerprint density at radius 3 is 2.35 bits per heavy atom. The van der Waals surface area contributed by atoms with Gasteiger partial charge in [0, 0.05) is 17.6 Å². The van der Waals surface area contributed by atoms with Crippen LogP contribution in [0.2, 0.25) is 5.02 Å². The second-order valence-electron chi connectivity index (χ2n) is 6.15. The van der Waals surface area contributed by atoms with E-state index < -0.39 is 0 Å². The fraction of sp³-hybridized carbons (Fsp3) is 0.625. The zero-order chi connectivity index (χ0) is 14.8. The van der Waals surface area contributed by atoms with E-state index in [1.807, 2.05) is 12.1 Å². The van der Waals surface area contributed by atoms with Gasteiger partial charge in [-0.15, -0.1) is 0 Å². The molecule has 3 nitrogen and oxygen atoms in total. The average Bonchev–Trinajstić information content (AvgIpc) is 2.42. The lowest BCUT2D eigenvalue weighted by Crippen LogP contribution is -2.54. The number of ether oxygens (including phenoxy) is 1. The molecular weight excluding hydrogens is 274 g/mol. The van der Waals surface area contributed by atoms with E-state index in [9.17, 15) is 5.11 Å². The highest BCUT2D eigenvalue weighted by atomic mass is 35.5. The molecule has 1 heterocycles. The maximum Gasteiger partial charge on any atom is 0.0579 e. The second-order valence-corrected chi connectivity index (χ2v) is 6.58. The van der Waals surface area contributed by atoms with Crippen molar-refractivity contribution >= 4 is 11.6 Å². The zero-order valence-corrected chi connectivity index (χ0v) is 13.2. The molecule has 20 heavy (non-hydrogen) atoms. The molecule has 1 aliphatic heterocycles. The third-order valence-corrected chi connectivity index (χ3v) is 4.80. The summed E-state index contributed by atoms with van der Waals surface area (Å²) in [5, 5.41) is 10.3. The minimum atomic E-state index is -0.0667. The van der Waals surface area contributed by atoms with Crippen molar-refractivity contribution in [1.82, 2.24) is 4.90 Å². The summed E-state index contributed by atoms with van der Waals surface area (Å²) in [4.78, 5) is 2.32. The Bertz CT molecular complexity index is 425. The first kappa shape index (κ1) is 15.8. The Morgan fingerprint density at radius 1 is 1.30 bits per heavy atom. The van der Waals surface area contributed by atoms with Gasteiger partial charge in [-0.25, -0.2) is 0 Å². The van der Waals surface area contributed by atoms with E-state index in [1.165, 1.54) is 5.56 Å². The van der Waals surface area contributed by atoms with Gasteiger partial charge in [0.2, 0.25) is 0 Å². The quantitative estimate of drug-likeness (QED) is 0.876. The highest BCUT2D eigenvalue weighted by molar-refractivity contribution is 6.30. The molecule has 4 heteroatoms. The standard InChI is InChI=1S/C16H24ClNO2/c1-12(14-4-6-15(17)7-5-14)13(2)18(3)8-16(9-19)10-20-11-16/h4-7,12-13,19H,8-11H2,1-3H3. The molecule has 0 aliphatic carbocycles. The number of hydrogen-bond acceptors (Lipinski definition) is 3. The SMILES string of the molecule is CC(c1ccc(Cl)cc1)C(C)N(C)CC1(CO)COC1. The van der Waals surface area contributed by atoms with Gasteiger partial charge in [-0.3, -0.25) is 0 Å². The molecule has 1 N–H and O–H groups in total. The van der Waals surface area contributed by atoms with Crippen LogP contribution in [0.5, 0.6) is 0 Å². The summed E-state index contributed by atoms with van der Waals surface area (Å²) in [6.45, 7) is 6.84. The van der Waals surface area contributed by atoms with Crippen LogP contribution in [0.15, 0.2) is 24.3 Å². The molecular formula is C16H24ClNO2. The van der Waals surface area contributed by atoms with Crippen molar-refractivity contribution in [2.45, 2.75) is 25.8 Å². The third-order valence-electron chi connectivity index (χ3n) is 4.55. The van der Waals surface area contributed by atoms with Gasteiger partial charge in [0.25, 0.3) is 0 Å². The van der Waals surface area contributed by atoms with Crippen LogP contribution in [0.4, 0.5) is 0 Å². The maximum absolute atomic E-state index is 9.53. The highest BCUT2D eigenvalue weighted by Gasteiger charge is 2.40. The molecule has 1 aromatic rings. The van der Waals surface area contributed by atoms with E-state index in [0.29, 0.717) is 25.2 Å². The van der Waals surface area contributed by atoms with Gasteiger partial charge in [-0.05, 0) is 37.6 Å².